The van der Waals surface area contributed by atoms with Crippen LogP contribution < -0.4 is 0 Å². The minimum absolute atomic E-state index is 0.138. The molecule has 3 nitrogen and oxygen atoms in total. The fourth-order valence-corrected chi connectivity index (χ4v) is 1.37. The van der Waals surface area contributed by atoms with Crippen molar-refractivity contribution >= 4 is 5.78 Å². The number of alkyl halides is 2. The maximum atomic E-state index is 13.6. The summed E-state index contributed by atoms with van der Waals surface area (Å²) in [6.45, 7) is 4.33. The van der Waals surface area contributed by atoms with Gasteiger partial charge in [-0.2, -0.15) is 8.78 Å². The highest BCUT2D eigenvalue weighted by Crippen LogP contribution is 2.19. The number of carbonyl (C=O) groups is 1. The van der Waals surface area contributed by atoms with Gasteiger partial charge >= 0.3 is 6.05 Å². The molecule has 1 fully saturated rings. The molecule has 0 aliphatic carbocycles. The molecule has 0 amide bonds. The van der Waals surface area contributed by atoms with E-state index in [-0.39, 0.29) is 32.2 Å². The predicted octanol–water partition coefficient (Wildman–Crippen LogP) is 1.53. The Morgan fingerprint density at radius 2 is 2.06 bits per heavy atom. The Hall–Kier alpha value is -0.990. The highest BCUT2D eigenvalue weighted by atomic mass is 19.3. The number of halogens is 2. The zero-order valence-corrected chi connectivity index (χ0v) is 10.1. The van der Waals surface area contributed by atoms with Gasteiger partial charge in [0.05, 0.1) is 13.2 Å². The molecule has 1 rings (SSSR count). The van der Waals surface area contributed by atoms with Crippen LogP contribution in [0.3, 0.4) is 0 Å². The van der Waals surface area contributed by atoms with Crippen LogP contribution in [0, 0.1) is 17.8 Å². The molecular formula is C12H17F2NO2. The van der Waals surface area contributed by atoms with Crippen LogP contribution in [0.2, 0.25) is 0 Å². The normalized spacial score (nSPS) is 19.3. The van der Waals surface area contributed by atoms with Crippen molar-refractivity contribution < 1.29 is 18.3 Å². The van der Waals surface area contributed by atoms with Gasteiger partial charge in [0.15, 0.2) is 0 Å². The lowest BCUT2D eigenvalue weighted by Gasteiger charge is -2.30. The smallest absolute Gasteiger partial charge is 0.370 e. The molecule has 1 aliphatic rings. The number of rotatable bonds is 3. The summed E-state index contributed by atoms with van der Waals surface area (Å²) in [7, 11) is 0. The Balaban J connectivity index is 2.64. The van der Waals surface area contributed by atoms with Gasteiger partial charge in [-0.05, 0) is 18.3 Å². The number of morpholine rings is 1. The number of hydrogen-bond acceptors (Lipinski definition) is 3. The average molecular weight is 245 g/mol. The van der Waals surface area contributed by atoms with E-state index in [4.69, 9.17) is 4.74 Å². The molecule has 0 bridgehead atoms. The maximum absolute atomic E-state index is 13.6. The fraction of sp³-hybridized carbons (Fsp3) is 0.750. The highest BCUT2D eigenvalue weighted by molar-refractivity contribution is 5.97. The summed E-state index contributed by atoms with van der Waals surface area (Å²) in [5, 5.41) is 0. The van der Waals surface area contributed by atoms with E-state index in [1.54, 1.807) is 12.8 Å². The molecule has 96 valence electrons. The van der Waals surface area contributed by atoms with Gasteiger partial charge in [0, 0.05) is 19.0 Å². The van der Waals surface area contributed by atoms with Crippen LogP contribution in [0.4, 0.5) is 8.78 Å². The van der Waals surface area contributed by atoms with Crippen molar-refractivity contribution in [3.63, 3.8) is 0 Å². The van der Waals surface area contributed by atoms with Gasteiger partial charge in [0.1, 0.15) is 0 Å². The van der Waals surface area contributed by atoms with Crippen LogP contribution in [0.15, 0.2) is 0 Å². The molecule has 0 N–H and O–H groups in total. The zero-order valence-electron chi connectivity index (χ0n) is 10.1. The van der Waals surface area contributed by atoms with Gasteiger partial charge in [-0.25, -0.2) is 4.90 Å². The number of nitrogens with zero attached hydrogens (tertiary/aromatic N) is 1. The third-order valence-corrected chi connectivity index (χ3v) is 2.80. The first-order valence-corrected chi connectivity index (χ1v) is 5.75. The molecule has 1 unspecified atom stereocenters. The van der Waals surface area contributed by atoms with E-state index in [1.165, 1.54) is 0 Å². The molecule has 1 saturated heterocycles. The van der Waals surface area contributed by atoms with Gasteiger partial charge in [0.25, 0.3) is 0 Å². The molecule has 0 aromatic heterocycles. The number of ketones is 1. The van der Waals surface area contributed by atoms with E-state index >= 15 is 0 Å². The molecule has 0 radical (unpaired) electrons. The number of carbonyl (C=O) groups excluding carboxylic acids is 1. The Labute approximate surface area is 100 Å². The van der Waals surface area contributed by atoms with Gasteiger partial charge in [-0.3, -0.25) is 4.79 Å². The molecule has 0 aromatic rings. The fourth-order valence-electron chi connectivity index (χ4n) is 1.37. The van der Waals surface area contributed by atoms with Crippen molar-refractivity contribution in [2.45, 2.75) is 26.3 Å². The second-order valence-corrected chi connectivity index (χ2v) is 4.06. The van der Waals surface area contributed by atoms with E-state index in [9.17, 15) is 13.6 Å². The van der Waals surface area contributed by atoms with Crippen LogP contribution >= 0.6 is 0 Å². The lowest BCUT2D eigenvalue weighted by Crippen LogP contribution is -2.47. The highest BCUT2D eigenvalue weighted by Gasteiger charge is 2.36. The minimum Gasteiger partial charge on any atom is -0.379 e. The molecule has 1 heterocycles. The number of Topliss-reactive ketones (excluding diaryl/α,β-unsaturated/α-hetero) is 1. The average Bonchev–Trinajstić information content (AvgIpc) is 2.36. The largest absolute Gasteiger partial charge is 0.379 e. The first-order chi connectivity index (χ1) is 7.97. The lowest BCUT2D eigenvalue weighted by atomic mass is 10.0. The summed E-state index contributed by atoms with van der Waals surface area (Å²) in [5.74, 6) is 3.11. The summed E-state index contributed by atoms with van der Waals surface area (Å²) >= 11 is 0. The molecule has 5 heteroatoms. The maximum Gasteiger partial charge on any atom is 0.370 e. The quantitative estimate of drug-likeness (QED) is 0.429. The van der Waals surface area contributed by atoms with Crippen molar-refractivity contribution in [1.82, 2.24) is 4.90 Å². The molecule has 17 heavy (non-hydrogen) atoms. The summed E-state index contributed by atoms with van der Waals surface area (Å²) in [5.41, 5.74) is 0. The lowest BCUT2D eigenvalue weighted by molar-refractivity contribution is -0.130. The predicted molar refractivity (Wildman–Crippen MR) is 59.6 cm³/mol. The second-order valence-electron chi connectivity index (χ2n) is 4.06. The van der Waals surface area contributed by atoms with E-state index in [0.29, 0.717) is 6.42 Å². The van der Waals surface area contributed by atoms with Crippen LogP contribution in [-0.2, 0) is 9.53 Å². The molecule has 0 saturated carbocycles. The summed E-state index contributed by atoms with van der Waals surface area (Å²) in [6, 6.07) is -3.24. The van der Waals surface area contributed by atoms with Gasteiger partial charge < -0.3 is 4.74 Å². The van der Waals surface area contributed by atoms with Crippen LogP contribution in [0.25, 0.3) is 0 Å². The van der Waals surface area contributed by atoms with Crippen molar-refractivity contribution in [1.29, 1.82) is 0 Å². The van der Waals surface area contributed by atoms with Crippen LogP contribution in [0.1, 0.15) is 20.3 Å². The minimum atomic E-state index is -3.24. The third-order valence-electron chi connectivity index (χ3n) is 2.80. The third kappa shape index (κ3) is 4.06. The summed E-state index contributed by atoms with van der Waals surface area (Å²) < 4.78 is 32.1. The standard InChI is InChI=1S/C12H17F2NO2/c1-3-10(2)11(16)4-5-12(13,14)15-6-8-17-9-7-15/h10H,3,6-9H2,1-2H3. The summed E-state index contributed by atoms with van der Waals surface area (Å²) in [4.78, 5) is 12.3. The number of ether oxygens (including phenoxy) is 1. The SMILES string of the molecule is CCC(C)C(=O)C#CC(F)(F)N1CCOCC1. The molecule has 1 atom stereocenters. The Morgan fingerprint density at radius 3 is 2.59 bits per heavy atom. The van der Waals surface area contributed by atoms with Crippen molar-refractivity contribution in [2.24, 2.45) is 5.92 Å². The first-order valence-electron chi connectivity index (χ1n) is 5.75. The van der Waals surface area contributed by atoms with Crippen molar-refractivity contribution in [3.8, 4) is 11.8 Å². The molecule has 0 spiro atoms. The van der Waals surface area contributed by atoms with Crippen LogP contribution in [0.5, 0.6) is 0 Å². The van der Waals surface area contributed by atoms with Gasteiger partial charge in [0.2, 0.25) is 5.78 Å². The van der Waals surface area contributed by atoms with E-state index < -0.39 is 11.8 Å². The monoisotopic (exact) mass is 245 g/mol. The van der Waals surface area contributed by atoms with Gasteiger partial charge in [-0.15, -0.1) is 0 Å². The Morgan fingerprint density at radius 1 is 1.47 bits per heavy atom. The van der Waals surface area contributed by atoms with Crippen LogP contribution in [-0.4, -0.2) is 43.0 Å². The molecule has 1 aliphatic heterocycles. The van der Waals surface area contributed by atoms with E-state index in [2.05, 4.69) is 0 Å². The summed E-state index contributed by atoms with van der Waals surface area (Å²) in [6.07, 6.45) is 0.608. The Kier molecular flexibility index (Phi) is 5.03. The molecular weight excluding hydrogens is 228 g/mol. The molecule has 0 aromatic carbocycles. The second kappa shape index (κ2) is 6.08. The van der Waals surface area contributed by atoms with E-state index in [0.717, 1.165) is 4.90 Å². The zero-order chi connectivity index (χ0) is 12.9. The Bertz CT molecular complexity index is 327. The van der Waals surface area contributed by atoms with Crippen molar-refractivity contribution in [3.05, 3.63) is 0 Å². The number of hydrogen-bond donors (Lipinski definition) is 0. The van der Waals surface area contributed by atoms with Gasteiger partial charge in [-0.1, -0.05) is 13.8 Å². The van der Waals surface area contributed by atoms with Crippen molar-refractivity contribution in [2.75, 3.05) is 26.3 Å². The first kappa shape index (κ1) is 14.1. The van der Waals surface area contributed by atoms with E-state index in [1.807, 2.05) is 12.8 Å². The topological polar surface area (TPSA) is 29.5 Å².